The summed E-state index contributed by atoms with van der Waals surface area (Å²) in [6.07, 6.45) is 2.47. The molecular formula is C14H16ClN5O. The van der Waals surface area contributed by atoms with Gasteiger partial charge in [0.2, 0.25) is 0 Å². The highest BCUT2D eigenvalue weighted by atomic mass is 35.5. The molecule has 0 unspecified atom stereocenters. The SMILES string of the molecule is COc1ccc2nc(CCl)n(CCc3nncn3C)c2c1. The third-order valence-electron chi connectivity index (χ3n) is 3.52. The van der Waals surface area contributed by atoms with Gasteiger partial charge in [0.05, 0.1) is 24.0 Å². The number of aromatic nitrogens is 5. The van der Waals surface area contributed by atoms with Gasteiger partial charge in [-0.05, 0) is 12.1 Å². The zero-order valence-corrected chi connectivity index (χ0v) is 12.7. The fourth-order valence-electron chi connectivity index (χ4n) is 2.38. The molecule has 3 rings (SSSR count). The lowest BCUT2D eigenvalue weighted by molar-refractivity contribution is 0.415. The summed E-state index contributed by atoms with van der Waals surface area (Å²) in [5, 5.41) is 8.00. The molecule has 2 aromatic heterocycles. The summed E-state index contributed by atoms with van der Waals surface area (Å²) < 4.78 is 9.32. The van der Waals surface area contributed by atoms with E-state index in [0.717, 1.165) is 41.4 Å². The number of nitrogens with zero attached hydrogens (tertiary/aromatic N) is 5. The number of ether oxygens (including phenoxy) is 1. The lowest BCUT2D eigenvalue weighted by atomic mass is 10.3. The highest BCUT2D eigenvalue weighted by molar-refractivity contribution is 6.16. The maximum atomic E-state index is 6.02. The third-order valence-corrected chi connectivity index (χ3v) is 3.76. The van der Waals surface area contributed by atoms with Crippen LogP contribution >= 0.6 is 11.6 Å². The summed E-state index contributed by atoms with van der Waals surface area (Å²) in [5.74, 6) is 2.96. The Balaban J connectivity index is 1.97. The molecular weight excluding hydrogens is 290 g/mol. The molecule has 0 fully saturated rings. The molecule has 2 heterocycles. The fourth-order valence-corrected chi connectivity index (χ4v) is 2.58. The predicted molar refractivity (Wildman–Crippen MR) is 80.5 cm³/mol. The first-order valence-corrected chi connectivity index (χ1v) is 7.18. The zero-order valence-electron chi connectivity index (χ0n) is 12.0. The van der Waals surface area contributed by atoms with E-state index in [4.69, 9.17) is 16.3 Å². The van der Waals surface area contributed by atoms with E-state index in [1.54, 1.807) is 13.4 Å². The van der Waals surface area contributed by atoms with E-state index in [1.807, 2.05) is 29.8 Å². The van der Waals surface area contributed by atoms with Crippen molar-refractivity contribution in [3.05, 3.63) is 36.2 Å². The zero-order chi connectivity index (χ0) is 14.8. The Bertz CT molecular complexity index is 764. The Labute approximate surface area is 127 Å². The highest BCUT2D eigenvalue weighted by Crippen LogP contribution is 2.23. The summed E-state index contributed by atoms with van der Waals surface area (Å²) in [6.45, 7) is 0.748. The molecule has 0 spiro atoms. The summed E-state index contributed by atoms with van der Waals surface area (Å²) in [5.41, 5.74) is 1.94. The molecule has 0 saturated heterocycles. The van der Waals surface area contributed by atoms with E-state index in [1.165, 1.54) is 0 Å². The van der Waals surface area contributed by atoms with E-state index in [2.05, 4.69) is 19.7 Å². The molecule has 0 aliphatic carbocycles. The predicted octanol–water partition coefficient (Wildman–Crippen LogP) is 2.15. The van der Waals surface area contributed by atoms with Gasteiger partial charge in [0.25, 0.3) is 0 Å². The smallest absolute Gasteiger partial charge is 0.134 e. The van der Waals surface area contributed by atoms with E-state index < -0.39 is 0 Å². The number of alkyl halides is 1. The average Bonchev–Trinajstić information content (AvgIpc) is 3.07. The first kappa shape index (κ1) is 13.9. The van der Waals surface area contributed by atoms with Gasteiger partial charge in [0, 0.05) is 26.1 Å². The van der Waals surface area contributed by atoms with Crippen molar-refractivity contribution in [3.8, 4) is 5.75 Å². The van der Waals surface area contributed by atoms with Gasteiger partial charge in [-0.25, -0.2) is 4.98 Å². The van der Waals surface area contributed by atoms with Gasteiger partial charge in [-0.15, -0.1) is 21.8 Å². The Morgan fingerprint density at radius 3 is 2.81 bits per heavy atom. The number of rotatable bonds is 5. The number of benzene rings is 1. The third kappa shape index (κ3) is 2.58. The summed E-state index contributed by atoms with van der Waals surface area (Å²) in [4.78, 5) is 4.56. The molecule has 0 amide bonds. The molecule has 0 saturated carbocycles. The van der Waals surface area contributed by atoms with E-state index in [9.17, 15) is 0 Å². The van der Waals surface area contributed by atoms with Crippen molar-refractivity contribution in [2.45, 2.75) is 18.8 Å². The lowest BCUT2D eigenvalue weighted by Crippen LogP contribution is -2.08. The second kappa shape index (κ2) is 5.73. The van der Waals surface area contributed by atoms with Gasteiger partial charge in [-0.1, -0.05) is 0 Å². The van der Waals surface area contributed by atoms with E-state index in [-0.39, 0.29) is 0 Å². The largest absolute Gasteiger partial charge is 0.497 e. The van der Waals surface area contributed by atoms with Crippen LogP contribution in [0.25, 0.3) is 11.0 Å². The van der Waals surface area contributed by atoms with Gasteiger partial charge in [0.1, 0.15) is 23.7 Å². The van der Waals surface area contributed by atoms with Crippen LogP contribution < -0.4 is 4.74 Å². The van der Waals surface area contributed by atoms with Crippen LogP contribution in [0.1, 0.15) is 11.6 Å². The number of hydrogen-bond donors (Lipinski definition) is 0. The van der Waals surface area contributed by atoms with Crippen molar-refractivity contribution in [3.63, 3.8) is 0 Å². The van der Waals surface area contributed by atoms with Gasteiger partial charge in [-0.3, -0.25) is 0 Å². The second-order valence-electron chi connectivity index (χ2n) is 4.78. The first-order chi connectivity index (χ1) is 10.2. The Hall–Kier alpha value is -2.08. The average molecular weight is 306 g/mol. The second-order valence-corrected chi connectivity index (χ2v) is 5.04. The van der Waals surface area contributed by atoms with Gasteiger partial charge in [0.15, 0.2) is 0 Å². The molecule has 3 aromatic rings. The minimum absolute atomic E-state index is 0.371. The summed E-state index contributed by atoms with van der Waals surface area (Å²) in [7, 11) is 3.59. The van der Waals surface area contributed by atoms with Crippen LogP contribution in [0, 0.1) is 0 Å². The van der Waals surface area contributed by atoms with Gasteiger partial charge < -0.3 is 13.9 Å². The topological polar surface area (TPSA) is 57.8 Å². The van der Waals surface area contributed by atoms with E-state index >= 15 is 0 Å². The monoisotopic (exact) mass is 305 g/mol. The van der Waals surface area contributed by atoms with Crippen LogP contribution in [-0.4, -0.2) is 31.4 Å². The van der Waals surface area contributed by atoms with Crippen molar-refractivity contribution in [1.82, 2.24) is 24.3 Å². The molecule has 6 nitrogen and oxygen atoms in total. The van der Waals surface area contributed by atoms with Crippen LogP contribution in [-0.2, 0) is 25.9 Å². The van der Waals surface area contributed by atoms with Crippen molar-refractivity contribution in [2.75, 3.05) is 7.11 Å². The molecule has 0 N–H and O–H groups in total. The minimum atomic E-state index is 0.371. The van der Waals surface area contributed by atoms with Crippen LogP contribution in [0.15, 0.2) is 24.5 Å². The quantitative estimate of drug-likeness (QED) is 0.678. The lowest BCUT2D eigenvalue weighted by Gasteiger charge is -2.08. The molecule has 7 heteroatoms. The number of hydrogen-bond acceptors (Lipinski definition) is 4. The number of halogens is 1. The summed E-state index contributed by atoms with van der Waals surface area (Å²) >= 11 is 6.02. The minimum Gasteiger partial charge on any atom is -0.497 e. The molecule has 0 radical (unpaired) electrons. The van der Waals surface area contributed by atoms with Crippen LogP contribution in [0.2, 0.25) is 0 Å². The number of fused-ring (bicyclic) bond motifs is 1. The molecule has 0 aliphatic rings. The van der Waals surface area contributed by atoms with Gasteiger partial charge >= 0.3 is 0 Å². The number of methoxy groups -OCH3 is 1. The first-order valence-electron chi connectivity index (χ1n) is 6.65. The Morgan fingerprint density at radius 2 is 2.14 bits per heavy atom. The van der Waals surface area contributed by atoms with Gasteiger partial charge in [-0.2, -0.15) is 0 Å². The van der Waals surface area contributed by atoms with Crippen molar-refractivity contribution in [2.24, 2.45) is 7.05 Å². The van der Waals surface area contributed by atoms with Crippen LogP contribution in [0.4, 0.5) is 0 Å². The van der Waals surface area contributed by atoms with Crippen molar-refractivity contribution >= 4 is 22.6 Å². The Morgan fingerprint density at radius 1 is 1.29 bits per heavy atom. The number of imidazole rings is 1. The molecule has 1 aromatic carbocycles. The fraction of sp³-hybridized carbons (Fsp3) is 0.357. The normalized spacial score (nSPS) is 11.2. The molecule has 0 aliphatic heterocycles. The molecule has 110 valence electrons. The van der Waals surface area contributed by atoms with E-state index in [0.29, 0.717) is 5.88 Å². The molecule has 0 bridgehead atoms. The van der Waals surface area contributed by atoms with Crippen LogP contribution in [0.3, 0.4) is 0 Å². The molecule has 21 heavy (non-hydrogen) atoms. The maximum absolute atomic E-state index is 6.02. The standard InChI is InChI=1S/C14H16ClN5O/c1-19-9-16-18-13(19)5-6-20-12-7-10(21-2)3-4-11(12)17-14(20)8-15/h3-4,7,9H,5-6,8H2,1-2H3. The molecule has 0 atom stereocenters. The number of aryl methyl sites for hydroxylation is 3. The maximum Gasteiger partial charge on any atom is 0.134 e. The van der Waals surface area contributed by atoms with Crippen molar-refractivity contribution in [1.29, 1.82) is 0 Å². The van der Waals surface area contributed by atoms with Crippen molar-refractivity contribution < 1.29 is 4.74 Å². The highest BCUT2D eigenvalue weighted by Gasteiger charge is 2.12. The van der Waals surface area contributed by atoms with Crippen LogP contribution in [0.5, 0.6) is 5.75 Å². The summed E-state index contributed by atoms with van der Waals surface area (Å²) in [6, 6.07) is 5.83. The Kier molecular flexibility index (Phi) is 3.79.